The van der Waals surface area contributed by atoms with E-state index in [0.29, 0.717) is 36.9 Å². The molecule has 0 aromatic heterocycles. The number of halogens is 1. The van der Waals surface area contributed by atoms with E-state index in [2.05, 4.69) is 4.90 Å². The molecular formula is C27H30ClN3O3S2. The number of sulfonamides is 1. The first-order valence-electron chi connectivity index (χ1n) is 11.7. The average Bonchev–Trinajstić information content (AvgIpc) is 2.89. The highest BCUT2D eigenvalue weighted by Gasteiger charge is 2.30. The Labute approximate surface area is 222 Å². The maximum Gasteiger partial charge on any atom is 0.264 e. The van der Waals surface area contributed by atoms with Crippen molar-refractivity contribution in [2.75, 3.05) is 48.2 Å². The van der Waals surface area contributed by atoms with E-state index in [1.165, 1.54) is 4.31 Å². The number of aryl methyl sites for hydroxylation is 2. The van der Waals surface area contributed by atoms with Gasteiger partial charge in [0, 0.05) is 41.8 Å². The van der Waals surface area contributed by atoms with Crippen LogP contribution < -0.4 is 9.21 Å². The second-order valence-corrected chi connectivity index (χ2v) is 12.0. The first-order chi connectivity index (χ1) is 17.2. The Morgan fingerprint density at radius 3 is 2.19 bits per heavy atom. The Balaban J connectivity index is 1.54. The molecule has 6 nitrogen and oxygen atoms in total. The fourth-order valence-corrected chi connectivity index (χ4v) is 6.23. The van der Waals surface area contributed by atoms with Gasteiger partial charge in [-0.15, -0.1) is 11.8 Å². The van der Waals surface area contributed by atoms with Gasteiger partial charge in [-0.1, -0.05) is 35.4 Å². The van der Waals surface area contributed by atoms with Gasteiger partial charge in [0.1, 0.15) is 6.54 Å². The third kappa shape index (κ3) is 5.82. The quantitative estimate of drug-likeness (QED) is 0.382. The minimum atomic E-state index is -3.94. The first kappa shape index (κ1) is 26.4. The molecule has 1 heterocycles. The van der Waals surface area contributed by atoms with Crippen molar-refractivity contribution >= 4 is 50.7 Å². The number of hydrogen-bond acceptors (Lipinski definition) is 5. The summed E-state index contributed by atoms with van der Waals surface area (Å²) in [5.74, 6) is -0.220. The van der Waals surface area contributed by atoms with Gasteiger partial charge in [-0.25, -0.2) is 8.42 Å². The Morgan fingerprint density at radius 1 is 0.944 bits per heavy atom. The molecular weight excluding hydrogens is 514 g/mol. The molecule has 36 heavy (non-hydrogen) atoms. The number of amides is 1. The summed E-state index contributed by atoms with van der Waals surface area (Å²) < 4.78 is 28.6. The highest BCUT2D eigenvalue weighted by atomic mass is 35.5. The van der Waals surface area contributed by atoms with E-state index >= 15 is 0 Å². The van der Waals surface area contributed by atoms with E-state index < -0.39 is 10.0 Å². The molecule has 0 saturated carbocycles. The lowest BCUT2D eigenvalue weighted by atomic mass is 10.1. The van der Waals surface area contributed by atoms with Gasteiger partial charge in [0.15, 0.2) is 0 Å². The van der Waals surface area contributed by atoms with Crippen molar-refractivity contribution < 1.29 is 13.2 Å². The number of piperazine rings is 1. The normalized spacial score (nSPS) is 14.1. The molecule has 3 aromatic rings. The second-order valence-electron chi connectivity index (χ2n) is 8.82. The minimum Gasteiger partial charge on any atom is -0.368 e. The van der Waals surface area contributed by atoms with Crippen LogP contribution in [0.1, 0.15) is 11.1 Å². The molecule has 3 aromatic carbocycles. The molecule has 1 fully saturated rings. The van der Waals surface area contributed by atoms with Gasteiger partial charge in [-0.05, 0) is 74.2 Å². The zero-order valence-corrected chi connectivity index (χ0v) is 23.0. The topological polar surface area (TPSA) is 60.9 Å². The summed E-state index contributed by atoms with van der Waals surface area (Å²) in [6, 6.07) is 19.8. The number of benzene rings is 3. The van der Waals surface area contributed by atoms with Crippen molar-refractivity contribution in [3.8, 4) is 0 Å². The number of thioether (sulfide) groups is 1. The van der Waals surface area contributed by atoms with Gasteiger partial charge in [0.05, 0.1) is 10.6 Å². The number of carbonyl (C=O) groups excluding carboxylic acids is 1. The van der Waals surface area contributed by atoms with Crippen LogP contribution >= 0.6 is 23.4 Å². The largest absolute Gasteiger partial charge is 0.368 e. The molecule has 0 spiro atoms. The van der Waals surface area contributed by atoms with Crippen molar-refractivity contribution in [2.45, 2.75) is 23.6 Å². The van der Waals surface area contributed by atoms with E-state index in [-0.39, 0.29) is 17.3 Å². The van der Waals surface area contributed by atoms with E-state index in [4.69, 9.17) is 11.6 Å². The van der Waals surface area contributed by atoms with Crippen LogP contribution in [-0.4, -0.2) is 58.2 Å². The molecule has 1 aliphatic rings. The van der Waals surface area contributed by atoms with Crippen LogP contribution in [0.25, 0.3) is 0 Å². The molecule has 9 heteroatoms. The SMILES string of the molecule is CSc1ccc(S(=O)(=O)N(CC(=O)N2CCN(c3cc(Cl)ccc3C)CC2)c2ccc(C)cc2)cc1. The van der Waals surface area contributed by atoms with Crippen LogP contribution in [0.3, 0.4) is 0 Å². The third-order valence-corrected chi connectivity index (χ3v) is 9.16. The summed E-state index contributed by atoms with van der Waals surface area (Å²) in [6.07, 6.45) is 1.94. The van der Waals surface area contributed by atoms with Crippen molar-refractivity contribution in [1.29, 1.82) is 0 Å². The van der Waals surface area contributed by atoms with Crippen molar-refractivity contribution in [2.24, 2.45) is 0 Å². The van der Waals surface area contributed by atoms with E-state index in [0.717, 1.165) is 21.7 Å². The molecule has 0 aliphatic carbocycles. The molecule has 1 aliphatic heterocycles. The highest BCUT2D eigenvalue weighted by molar-refractivity contribution is 7.98. The molecule has 0 atom stereocenters. The summed E-state index contributed by atoms with van der Waals surface area (Å²) >= 11 is 7.74. The lowest BCUT2D eigenvalue weighted by Crippen LogP contribution is -2.52. The molecule has 0 radical (unpaired) electrons. The van der Waals surface area contributed by atoms with Crippen LogP contribution in [0.15, 0.2) is 76.5 Å². The lowest BCUT2D eigenvalue weighted by Gasteiger charge is -2.37. The maximum atomic E-state index is 13.7. The lowest BCUT2D eigenvalue weighted by molar-refractivity contribution is -0.129. The Bertz CT molecular complexity index is 1320. The monoisotopic (exact) mass is 543 g/mol. The summed E-state index contributed by atoms with van der Waals surface area (Å²) in [6.45, 7) is 6.05. The fraction of sp³-hybridized carbons (Fsp3) is 0.296. The van der Waals surface area contributed by atoms with Crippen molar-refractivity contribution in [3.63, 3.8) is 0 Å². The molecule has 0 unspecified atom stereocenters. The zero-order valence-electron chi connectivity index (χ0n) is 20.6. The molecule has 1 amide bonds. The van der Waals surface area contributed by atoms with E-state index in [1.54, 1.807) is 53.1 Å². The molecule has 1 saturated heterocycles. The van der Waals surface area contributed by atoms with Crippen LogP contribution in [0.5, 0.6) is 0 Å². The predicted octanol–water partition coefficient (Wildman–Crippen LogP) is 5.22. The van der Waals surface area contributed by atoms with E-state index in [1.807, 2.05) is 50.4 Å². The summed E-state index contributed by atoms with van der Waals surface area (Å²) in [4.78, 5) is 18.5. The van der Waals surface area contributed by atoms with Crippen LogP contribution in [0.4, 0.5) is 11.4 Å². The van der Waals surface area contributed by atoms with Gasteiger partial charge < -0.3 is 9.80 Å². The fourth-order valence-electron chi connectivity index (χ4n) is 4.24. The average molecular weight is 544 g/mol. The number of carbonyl (C=O) groups is 1. The zero-order chi connectivity index (χ0) is 25.9. The first-order valence-corrected chi connectivity index (χ1v) is 14.8. The number of anilines is 2. The van der Waals surface area contributed by atoms with Gasteiger partial charge in [0.2, 0.25) is 5.91 Å². The van der Waals surface area contributed by atoms with Gasteiger partial charge >= 0.3 is 0 Å². The van der Waals surface area contributed by atoms with Crippen LogP contribution in [-0.2, 0) is 14.8 Å². The van der Waals surface area contributed by atoms with Crippen LogP contribution in [0, 0.1) is 13.8 Å². The van der Waals surface area contributed by atoms with Crippen LogP contribution in [0.2, 0.25) is 5.02 Å². The molecule has 0 bridgehead atoms. The number of nitrogens with zero attached hydrogens (tertiary/aromatic N) is 3. The smallest absolute Gasteiger partial charge is 0.264 e. The minimum absolute atomic E-state index is 0.162. The molecule has 0 N–H and O–H groups in total. The Kier molecular flexibility index (Phi) is 8.17. The highest BCUT2D eigenvalue weighted by Crippen LogP contribution is 2.28. The Hall–Kier alpha value is -2.68. The predicted molar refractivity (Wildman–Crippen MR) is 149 cm³/mol. The van der Waals surface area contributed by atoms with Gasteiger partial charge in [0.25, 0.3) is 10.0 Å². The van der Waals surface area contributed by atoms with Gasteiger partial charge in [-0.2, -0.15) is 0 Å². The second kappa shape index (κ2) is 11.2. The van der Waals surface area contributed by atoms with Crippen molar-refractivity contribution in [1.82, 2.24) is 4.90 Å². The number of rotatable bonds is 7. The maximum absolute atomic E-state index is 13.7. The molecule has 190 valence electrons. The summed E-state index contributed by atoms with van der Waals surface area (Å²) in [5.41, 5.74) is 3.67. The van der Waals surface area contributed by atoms with Gasteiger partial charge in [-0.3, -0.25) is 9.10 Å². The number of hydrogen-bond donors (Lipinski definition) is 0. The molecule has 4 rings (SSSR count). The van der Waals surface area contributed by atoms with E-state index in [9.17, 15) is 13.2 Å². The standard InChI is InChI=1S/C27H30ClN3O3S2/c1-20-4-8-23(9-5-20)31(36(33,34)25-12-10-24(35-3)11-13-25)19-27(32)30-16-14-29(15-17-30)26-18-22(28)7-6-21(26)2/h4-13,18H,14-17,19H2,1-3H3. The third-order valence-electron chi connectivity index (χ3n) is 6.39. The summed E-state index contributed by atoms with van der Waals surface area (Å²) in [7, 11) is -3.94. The summed E-state index contributed by atoms with van der Waals surface area (Å²) in [5, 5.41) is 0.679. The Morgan fingerprint density at radius 2 is 1.58 bits per heavy atom. The van der Waals surface area contributed by atoms with Crippen molar-refractivity contribution in [3.05, 3.63) is 82.9 Å².